The highest BCUT2D eigenvalue weighted by Crippen LogP contribution is 2.24. The first-order chi connectivity index (χ1) is 14.0. The molecule has 29 heavy (non-hydrogen) atoms. The monoisotopic (exact) mass is 455 g/mol. The Bertz CT molecular complexity index is 980. The number of rotatable bonds is 8. The number of anilines is 3. The molecular formula is C20H22BrN7O. The Morgan fingerprint density at radius 1 is 1.07 bits per heavy atom. The number of nitrogens with one attached hydrogen (secondary N) is 2. The third kappa shape index (κ3) is 5.89. The molecule has 3 aromatic rings. The van der Waals surface area contributed by atoms with Crippen molar-refractivity contribution in [2.75, 3.05) is 36.8 Å². The lowest BCUT2D eigenvalue weighted by molar-refractivity contribution is 0.412. The summed E-state index contributed by atoms with van der Waals surface area (Å²) >= 11 is 3.46. The van der Waals surface area contributed by atoms with Crippen LogP contribution in [0.3, 0.4) is 0 Å². The Labute approximate surface area is 178 Å². The highest BCUT2D eigenvalue weighted by Gasteiger charge is 2.08. The van der Waals surface area contributed by atoms with E-state index in [2.05, 4.69) is 46.7 Å². The molecule has 0 saturated heterocycles. The highest BCUT2D eigenvalue weighted by molar-refractivity contribution is 9.10. The quantitative estimate of drug-likeness (QED) is 0.394. The predicted molar refractivity (Wildman–Crippen MR) is 120 cm³/mol. The molecule has 0 spiro atoms. The molecule has 8 nitrogen and oxygen atoms in total. The van der Waals surface area contributed by atoms with Crippen LogP contribution in [0, 0.1) is 0 Å². The molecule has 3 rings (SSSR count). The Kier molecular flexibility index (Phi) is 6.96. The molecule has 150 valence electrons. The first kappa shape index (κ1) is 20.5. The van der Waals surface area contributed by atoms with Crippen LogP contribution in [0.25, 0.3) is 0 Å². The summed E-state index contributed by atoms with van der Waals surface area (Å²) in [6.45, 7) is 0.611. The van der Waals surface area contributed by atoms with Crippen molar-refractivity contribution in [1.82, 2.24) is 15.0 Å². The van der Waals surface area contributed by atoms with Gasteiger partial charge in [-0.05, 0) is 45.3 Å². The normalized spacial score (nSPS) is 10.8. The summed E-state index contributed by atoms with van der Waals surface area (Å²) in [6.07, 6.45) is 1.68. The van der Waals surface area contributed by atoms with Crippen molar-refractivity contribution in [1.29, 1.82) is 0 Å². The number of ether oxygens (including phenoxy) is 1. The average molecular weight is 456 g/mol. The summed E-state index contributed by atoms with van der Waals surface area (Å²) in [5.74, 6) is 2.11. The SMILES string of the molecule is COc1ccc(/C=N\Nc2nc(NCc3ccccc3)nc(N(C)C)n2)cc1Br. The zero-order chi connectivity index (χ0) is 20.6. The van der Waals surface area contributed by atoms with Gasteiger partial charge in [-0.25, -0.2) is 5.43 Å². The van der Waals surface area contributed by atoms with Crippen molar-refractivity contribution in [2.24, 2.45) is 5.10 Å². The lowest BCUT2D eigenvalue weighted by Gasteiger charge is -2.13. The van der Waals surface area contributed by atoms with Gasteiger partial charge in [0, 0.05) is 20.6 Å². The molecule has 0 aliphatic carbocycles. The molecule has 0 unspecified atom stereocenters. The van der Waals surface area contributed by atoms with E-state index in [9.17, 15) is 0 Å². The molecule has 2 aromatic carbocycles. The van der Waals surface area contributed by atoms with Crippen LogP contribution in [0.2, 0.25) is 0 Å². The van der Waals surface area contributed by atoms with Crippen molar-refractivity contribution in [2.45, 2.75) is 6.54 Å². The van der Waals surface area contributed by atoms with E-state index in [-0.39, 0.29) is 0 Å². The van der Waals surface area contributed by atoms with Gasteiger partial charge in [0.2, 0.25) is 17.8 Å². The Morgan fingerprint density at radius 3 is 2.52 bits per heavy atom. The second-order valence-corrected chi connectivity index (χ2v) is 7.13. The average Bonchev–Trinajstić information content (AvgIpc) is 2.73. The topological polar surface area (TPSA) is 87.6 Å². The van der Waals surface area contributed by atoms with Crippen molar-refractivity contribution < 1.29 is 4.74 Å². The van der Waals surface area contributed by atoms with Gasteiger partial charge in [-0.2, -0.15) is 20.1 Å². The van der Waals surface area contributed by atoms with E-state index in [1.54, 1.807) is 13.3 Å². The minimum atomic E-state index is 0.350. The summed E-state index contributed by atoms with van der Waals surface area (Å²) in [7, 11) is 5.37. The maximum atomic E-state index is 5.23. The summed E-state index contributed by atoms with van der Waals surface area (Å²) < 4.78 is 6.09. The van der Waals surface area contributed by atoms with Gasteiger partial charge in [-0.15, -0.1) is 0 Å². The molecule has 1 heterocycles. The van der Waals surface area contributed by atoms with Crippen LogP contribution in [0.15, 0.2) is 58.1 Å². The number of aromatic nitrogens is 3. The first-order valence-corrected chi connectivity index (χ1v) is 9.68. The van der Waals surface area contributed by atoms with E-state index < -0.39 is 0 Å². The van der Waals surface area contributed by atoms with Gasteiger partial charge in [-0.3, -0.25) is 0 Å². The number of hydrazone groups is 1. The van der Waals surface area contributed by atoms with E-state index >= 15 is 0 Å². The molecule has 0 aliphatic heterocycles. The Morgan fingerprint density at radius 2 is 1.83 bits per heavy atom. The van der Waals surface area contributed by atoms with Crippen LogP contribution in [-0.2, 0) is 6.54 Å². The Balaban J connectivity index is 1.72. The summed E-state index contributed by atoms with van der Waals surface area (Å²) in [4.78, 5) is 15.0. The molecule has 0 bridgehead atoms. The molecule has 0 saturated carbocycles. The van der Waals surface area contributed by atoms with E-state index in [1.807, 2.05) is 67.5 Å². The lowest BCUT2D eigenvalue weighted by Crippen LogP contribution is -2.16. The van der Waals surface area contributed by atoms with Gasteiger partial charge in [0.1, 0.15) is 5.75 Å². The molecule has 0 aliphatic rings. The summed E-state index contributed by atoms with van der Waals surface area (Å²) in [5.41, 5.74) is 4.90. The molecule has 0 atom stereocenters. The fourth-order valence-corrected chi connectivity index (χ4v) is 2.96. The minimum Gasteiger partial charge on any atom is -0.496 e. The van der Waals surface area contributed by atoms with Gasteiger partial charge in [0.05, 0.1) is 17.8 Å². The van der Waals surface area contributed by atoms with Crippen molar-refractivity contribution in [3.05, 3.63) is 64.1 Å². The van der Waals surface area contributed by atoms with E-state index in [0.29, 0.717) is 24.4 Å². The van der Waals surface area contributed by atoms with Crippen LogP contribution in [0.4, 0.5) is 17.8 Å². The summed E-state index contributed by atoms with van der Waals surface area (Å²) in [5, 5.41) is 7.46. The van der Waals surface area contributed by atoms with E-state index in [1.165, 1.54) is 0 Å². The fraction of sp³-hybridized carbons (Fsp3) is 0.200. The number of halogens is 1. The molecule has 2 N–H and O–H groups in total. The molecule has 1 aromatic heterocycles. The van der Waals surface area contributed by atoms with Gasteiger partial charge < -0.3 is 15.0 Å². The van der Waals surface area contributed by atoms with Crippen LogP contribution >= 0.6 is 15.9 Å². The minimum absolute atomic E-state index is 0.350. The largest absolute Gasteiger partial charge is 0.496 e. The van der Waals surface area contributed by atoms with Gasteiger partial charge in [-0.1, -0.05) is 30.3 Å². The third-order valence-electron chi connectivity index (χ3n) is 3.87. The van der Waals surface area contributed by atoms with Gasteiger partial charge in [0.15, 0.2) is 0 Å². The zero-order valence-electron chi connectivity index (χ0n) is 16.4. The maximum Gasteiger partial charge on any atom is 0.250 e. The van der Waals surface area contributed by atoms with E-state index in [4.69, 9.17) is 4.74 Å². The van der Waals surface area contributed by atoms with Crippen LogP contribution in [-0.4, -0.2) is 42.4 Å². The number of benzene rings is 2. The number of methoxy groups -OCH3 is 1. The molecular weight excluding hydrogens is 434 g/mol. The van der Waals surface area contributed by atoms with Gasteiger partial charge >= 0.3 is 0 Å². The molecule has 0 amide bonds. The van der Waals surface area contributed by atoms with Crippen molar-refractivity contribution in [3.63, 3.8) is 0 Å². The van der Waals surface area contributed by atoms with Crippen molar-refractivity contribution >= 4 is 40.0 Å². The molecule has 0 radical (unpaired) electrons. The number of nitrogens with zero attached hydrogens (tertiary/aromatic N) is 5. The molecule has 0 fully saturated rings. The third-order valence-corrected chi connectivity index (χ3v) is 4.49. The van der Waals surface area contributed by atoms with Crippen molar-refractivity contribution in [3.8, 4) is 5.75 Å². The van der Waals surface area contributed by atoms with Crippen LogP contribution < -0.4 is 20.4 Å². The lowest BCUT2D eigenvalue weighted by atomic mass is 10.2. The fourth-order valence-electron chi connectivity index (χ4n) is 2.40. The standard InChI is InChI=1S/C20H22BrN7O/c1-28(2)20-25-18(22-12-14-7-5-4-6-8-14)24-19(26-20)27-23-13-15-9-10-17(29-3)16(21)11-15/h4-11,13H,12H2,1-3H3,(H2,22,24,25,26,27)/b23-13-. The maximum absolute atomic E-state index is 5.23. The smallest absolute Gasteiger partial charge is 0.250 e. The van der Waals surface area contributed by atoms with Gasteiger partial charge in [0.25, 0.3) is 0 Å². The van der Waals surface area contributed by atoms with Crippen LogP contribution in [0.5, 0.6) is 5.75 Å². The predicted octanol–water partition coefficient (Wildman–Crippen LogP) is 3.77. The summed E-state index contributed by atoms with van der Waals surface area (Å²) in [6, 6.07) is 15.7. The number of hydrogen-bond acceptors (Lipinski definition) is 8. The molecule has 9 heteroatoms. The van der Waals surface area contributed by atoms with Crippen LogP contribution in [0.1, 0.15) is 11.1 Å². The second kappa shape index (κ2) is 9.83. The second-order valence-electron chi connectivity index (χ2n) is 6.28. The highest BCUT2D eigenvalue weighted by atomic mass is 79.9. The number of hydrogen-bond donors (Lipinski definition) is 2. The van der Waals surface area contributed by atoms with E-state index in [0.717, 1.165) is 21.3 Å². The Hall–Kier alpha value is -3.20. The zero-order valence-corrected chi connectivity index (χ0v) is 18.0. The first-order valence-electron chi connectivity index (χ1n) is 8.89.